The lowest BCUT2D eigenvalue weighted by Crippen LogP contribution is -2.56. The maximum Gasteiger partial charge on any atom is 0.382 e. The SMILES string of the molecule is CCO[Si](CI)(OCC)c1ccc(-c2ccccc2)cc1. The maximum atomic E-state index is 6.06. The molecule has 0 atom stereocenters. The van der Waals surface area contributed by atoms with E-state index in [1.807, 2.05) is 19.9 Å². The van der Waals surface area contributed by atoms with Crippen LogP contribution >= 0.6 is 22.6 Å². The molecule has 0 aliphatic carbocycles. The summed E-state index contributed by atoms with van der Waals surface area (Å²) in [6, 6.07) is 19.1. The van der Waals surface area contributed by atoms with Crippen LogP contribution in [-0.2, 0) is 8.85 Å². The van der Waals surface area contributed by atoms with Crippen molar-refractivity contribution in [2.75, 3.05) is 17.3 Å². The summed E-state index contributed by atoms with van der Waals surface area (Å²) in [6.07, 6.45) is 0. The molecule has 2 aromatic rings. The van der Waals surface area contributed by atoms with Crippen molar-refractivity contribution in [2.24, 2.45) is 0 Å². The van der Waals surface area contributed by atoms with E-state index in [1.165, 1.54) is 16.3 Å². The number of alkyl halides is 1. The summed E-state index contributed by atoms with van der Waals surface area (Å²) in [5, 5.41) is 1.21. The van der Waals surface area contributed by atoms with Crippen molar-refractivity contribution in [2.45, 2.75) is 13.8 Å². The van der Waals surface area contributed by atoms with Gasteiger partial charge in [0, 0.05) is 17.3 Å². The van der Waals surface area contributed by atoms with Crippen LogP contribution in [0.25, 0.3) is 11.1 Å². The summed E-state index contributed by atoms with van der Waals surface area (Å²) in [6.45, 7) is 5.45. The molecular formula is C17H21IO2Si. The Morgan fingerprint density at radius 3 is 1.81 bits per heavy atom. The molecule has 0 bridgehead atoms. The number of hydrogen-bond acceptors (Lipinski definition) is 2. The van der Waals surface area contributed by atoms with Crippen molar-refractivity contribution in [3.8, 4) is 11.1 Å². The monoisotopic (exact) mass is 412 g/mol. The number of hydrogen-bond donors (Lipinski definition) is 0. The average molecular weight is 412 g/mol. The number of benzene rings is 2. The van der Waals surface area contributed by atoms with Crippen molar-refractivity contribution in [3.05, 3.63) is 54.6 Å². The summed E-state index contributed by atoms with van der Waals surface area (Å²) < 4.78 is 13.0. The molecule has 0 aliphatic rings. The van der Waals surface area contributed by atoms with E-state index in [0.717, 1.165) is 4.05 Å². The van der Waals surface area contributed by atoms with Crippen LogP contribution in [0.3, 0.4) is 0 Å². The Kier molecular flexibility index (Phi) is 6.41. The molecule has 0 heterocycles. The van der Waals surface area contributed by atoms with Crippen molar-refractivity contribution in [1.82, 2.24) is 0 Å². The maximum absolute atomic E-state index is 6.06. The van der Waals surface area contributed by atoms with E-state index in [-0.39, 0.29) is 0 Å². The van der Waals surface area contributed by atoms with E-state index in [1.54, 1.807) is 0 Å². The third-order valence-corrected chi connectivity index (χ3v) is 9.45. The minimum absolute atomic E-state index is 0.690. The van der Waals surface area contributed by atoms with Crippen LogP contribution in [0.4, 0.5) is 0 Å². The molecule has 0 radical (unpaired) electrons. The summed E-state index contributed by atoms with van der Waals surface area (Å²) in [4.78, 5) is 0. The predicted molar refractivity (Wildman–Crippen MR) is 99.4 cm³/mol. The molecule has 2 nitrogen and oxygen atoms in total. The van der Waals surface area contributed by atoms with Crippen LogP contribution in [0.1, 0.15) is 13.8 Å². The van der Waals surface area contributed by atoms with Gasteiger partial charge in [0.05, 0.1) is 0 Å². The van der Waals surface area contributed by atoms with Gasteiger partial charge in [-0.15, -0.1) is 0 Å². The minimum Gasteiger partial charge on any atom is -0.391 e. The zero-order valence-electron chi connectivity index (χ0n) is 12.5. The van der Waals surface area contributed by atoms with Gasteiger partial charge in [0.2, 0.25) is 0 Å². The molecule has 0 aliphatic heterocycles. The van der Waals surface area contributed by atoms with Crippen LogP contribution in [0, 0.1) is 0 Å². The van der Waals surface area contributed by atoms with Gasteiger partial charge in [0.1, 0.15) is 0 Å². The van der Waals surface area contributed by atoms with Gasteiger partial charge >= 0.3 is 8.56 Å². The lowest BCUT2D eigenvalue weighted by atomic mass is 10.1. The van der Waals surface area contributed by atoms with Crippen LogP contribution in [0.2, 0.25) is 0 Å². The zero-order valence-corrected chi connectivity index (χ0v) is 15.7. The Balaban J connectivity index is 2.31. The fourth-order valence-corrected chi connectivity index (χ4v) is 7.35. The van der Waals surface area contributed by atoms with E-state index in [2.05, 4.69) is 71.1 Å². The molecule has 2 aromatic carbocycles. The van der Waals surface area contributed by atoms with Crippen LogP contribution in [0.5, 0.6) is 0 Å². The lowest BCUT2D eigenvalue weighted by molar-refractivity contribution is 0.202. The molecule has 2 rings (SSSR count). The van der Waals surface area contributed by atoms with Crippen molar-refractivity contribution >= 4 is 36.3 Å². The standard InChI is InChI=1S/C17H21IO2Si/c1-3-19-21(14-18,20-4-2)17-12-10-16(11-13-17)15-8-6-5-7-9-15/h5-13H,3-4,14H2,1-2H3. The normalized spacial score (nSPS) is 11.6. The third-order valence-electron chi connectivity index (χ3n) is 3.36. The second-order valence-corrected chi connectivity index (χ2v) is 9.91. The highest BCUT2D eigenvalue weighted by atomic mass is 127. The van der Waals surface area contributed by atoms with E-state index in [0.29, 0.717) is 13.2 Å². The van der Waals surface area contributed by atoms with Gasteiger partial charge in [-0.3, -0.25) is 0 Å². The molecule has 0 N–H and O–H groups in total. The second kappa shape index (κ2) is 8.08. The highest BCUT2D eigenvalue weighted by Gasteiger charge is 2.38. The lowest BCUT2D eigenvalue weighted by Gasteiger charge is -2.28. The van der Waals surface area contributed by atoms with Crippen molar-refractivity contribution in [1.29, 1.82) is 0 Å². The molecule has 0 fully saturated rings. The van der Waals surface area contributed by atoms with Gasteiger partial charge in [-0.05, 0) is 30.2 Å². The van der Waals surface area contributed by atoms with Gasteiger partial charge < -0.3 is 8.85 Å². The first-order valence-corrected chi connectivity index (χ1v) is 10.8. The molecule has 0 unspecified atom stereocenters. The third kappa shape index (κ3) is 3.94. The van der Waals surface area contributed by atoms with E-state index in [9.17, 15) is 0 Å². The largest absolute Gasteiger partial charge is 0.391 e. The van der Waals surface area contributed by atoms with Crippen molar-refractivity contribution < 1.29 is 8.85 Å². The number of rotatable bonds is 7. The molecule has 0 aromatic heterocycles. The summed E-state index contributed by atoms with van der Waals surface area (Å²) >= 11 is 2.38. The van der Waals surface area contributed by atoms with Gasteiger partial charge in [-0.25, -0.2) is 0 Å². The first-order valence-electron chi connectivity index (χ1n) is 7.25. The summed E-state index contributed by atoms with van der Waals surface area (Å²) in [5.74, 6) is 0. The van der Waals surface area contributed by atoms with E-state index in [4.69, 9.17) is 8.85 Å². The molecule has 0 saturated heterocycles. The van der Waals surface area contributed by atoms with Crippen LogP contribution < -0.4 is 5.19 Å². The Hall–Kier alpha value is -0.693. The van der Waals surface area contributed by atoms with Gasteiger partial charge in [0.15, 0.2) is 0 Å². The minimum atomic E-state index is -2.28. The first kappa shape index (κ1) is 16.7. The Morgan fingerprint density at radius 1 is 0.810 bits per heavy atom. The molecular weight excluding hydrogens is 391 g/mol. The predicted octanol–water partition coefficient (Wildman–Crippen LogP) is 4.05. The topological polar surface area (TPSA) is 18.5 Å². The quantitative estimate of drug-likeness (QED) is 0.388. The summed E-state index contributed by atoms with van der Waals surface area (Å²) in [7, 11) is -2.28. The molecule has 0 spiro atoms. The Labute approximate surface area is 141 Å². The van der Waals surface area contributed by atoms with E-state index < -0.39 is 8.56 Å². The van der Waals surface area contributed by atoms with Gasteiger partial charge in [0.25, 0.3) is 0 Å². The van der Waals surface area contributed by atoms with Gasteiger partial charge in [-0.2, -0.15) is 0 Å². The second-order valence-electron chi connectivity index (χ2n) is 4.70. The number of halogens is 1. The Morgan fingerprint density at radius 2 is 1.33 bits per heavy atom. The Bertz CT molecular complexity index is 536. The van der Waals surface area contributed by atoms with E-state index >= 15 is 0 Å². The highest BCUT2D eigenvalue weighted by molar-refractivity contribution is 14.1. The molecule has 0 saturated carbocycles. The van der Waals surface area contributed by atoms with Crippen molar-refractivity contribution in [3.63, 3.8) is 0 Å². The smallest absolute Gasteiger partial charge is 0.382 e. The zero-order chi connectivity index (χ0) is 15.1. The van der Waals surface area contributed by atoms with Crippen LogP contribution in [-0.4, -0.2) is 25.8 Å². The highest BCUT2D eigenvalue weighted by Crippen LogP contribution is 2.19. The molecule has 0 amide bonds. The fraction of sp³-hybridized carbons (Fsp3) is 0.294. The van der Waals surface area contributed by atoms with Gasteiger partial charge in [-0.1, -0.05) is 77.2 Å². The molecule has 4 heteroatoms. The molecule has 21 heavy (non-hydrogen) atoms. The molecule has 112 valence electrons. The first-order chi connectivity index (χ1) is 10.3. The average Bonchev–Trinajstić information content (AvgIpc) is 2.55. The fourth-order valence-electron chi connectivity index (χ4n) is 2.38. The van der Waals surface area contributed by atoms with Crippen LogP contribution in [0.15, 0.2) is 54.6 Å². The summed E-state index contributed by atoms with van der Waals surface area (Å²) in [5.41, 5.74) is 2.46.